The number of rotatable bonds is 16. The second-order valence-corrected chi connectivity index (χ2v) is 12.7. The molecule has 18 heteroatoms. The fraction of sp³-hybridized carbons (Fsp3) is 0.458. The van der Waals surface area contributed by atoms with Crippen LogP contribution in [0.4, 0.5) is 0 Å². The quantitative estimate of drug-likeness (QED) is 0.0537. The van der Waals surface area contributed by atoms with E-state index < -0.39 is 97.5 Å². The summed E-state index contributed by atoms with van der Waals surface area (Å²) in [6.07, 6.45) is -1.20. The summed E-state index contributed by atoms with van der Waals surface area (Å²) < 4.78 is 25.1. The predicted molar refractivity (Wildman–Crippen MR) is 146 cm³/mol. The van der Waals surface area contributed by atoms with Crippen LogP contribution in [0.1, 0.15) is 33.4 Å². The second kappa shape index (κ2) is 15.5. The number of hydrogen-bond donors (Lipinski definition) is 12. The highest BCUT2D eigenvalue weighted by Gasteiger charge is 2.40. The van der Waals surface area contributed by atoms with Gasteiger partial charge in [-0.3, -0.25) is 14.0 Å². The van der Waals surface area contributed by atoms with Gasteiger partial charge in [-0.2, -0.15) is 0 Å². The Kier molecular flexibility index (Phi) is 13.2. The third-order valence-corrected chi connectivity index (χ3v) is 8.00. The van der Waals surface area contributed by atoms with Crippen LogP contribution in [0.5, 0.6) is 11.5 Å². The molecule has 2 aromatic rings. The van der Waals surface area contributed by atoms with Crippen molar-refractivity contribution in [2.45, 2.75) is 45.1 Å². The van der Waals surface area contributed by atoms with Crippen LogP contribution in [-0.4, -0.2) is 114 Å². The van der Waals surface area contributed by atoms with Gasteiger partial charge in [-0.1, -0.05) is 12.1 Å². The molecule has 0 heterocycles. The van der Waals surface area contributed by atoms with E-state index in [1.807, 2.05) is 0 Å². The predicted octanol–water partition coefficient (Wildman–Crippen LogP) is -2.01. The monoisotopic (exact) mass is 639 g/mol. The van der Waals surface area contributed by atoms with Crippen molar-refractivity contribution in [1.29, 1.82) is 0 Å². The number of phenolic OH excluding ortho intramolecular Hbond substituents is 2. The lowest BCUT2D eigenvalue weighted by molar-refractivity contribution is -0.557. The van der Waals surface area contributed by atoms with Gasteiger partial charge in [-0.05, 0) is 34.4 Å². The first-order valence-corrected chi connectivity index (χ1v) is 16.0. The summed E-state index contributed by atoms with van der Waals surface area (Å²) in [6, 6.07) is 1.90. The number of aliphatic hydroxyl groups is 6. The number of hydrogen-bond acceptors (Lipinski definition) is 11. The summed E-state index contributed by atoms with van der Waals surface area (Å²) in [5.74, 6) is -0.937. The lowest BCUT2D eigenvalue weighted by atomic mass is 9.99. The molecular weight excluding hydrogens is 602 g/mol. The largest absolute Gasteiger partial charge is 0.508 e. The van der Waals surface area contributed by atoms with Gasteiger partial charge in [0.1, 0.15) is 24.4 Å². The molecule has 0 fully saturated rings. The van der Waals surface area contributed by atoms with Gasteiger partial charge < -0.3 is 60.4 Å². The summed E-state index contributed by atoms with van der Waals surface area (Å²) >= 11 is 0. The van der Waals surface area contributed by atoms with Crippen LogP contribution in [0.25, 0.3) is 0 Å². The van der Waals surface area contributed by atoms with Crippen molar-refractivity contribution in [2.24, 2.45) is 0 Å². The molecule has 0 aliphatic heterocycles. The lowest BCUT2D eigenvalue weighted by Gasteiger charge is -2.34. The van der Waals surface area contributed by atoms with Crippen LogP contribution in [0, 0.1) is 0 Å². The first-order valence-electron chi connectivity index (χ1n) is 12.4. The number of aromatic hydroxyl groups is 2. The Morgan fingerprint density at radius 2 is 1.40 bits per heavy atom. The van der Waals surface area contributed by atoms with Gasteiger partial charge in [-0.15, -0.1) is 0 Å². The molecule has 0 saturated heterocycles. The Bertz CT molecular complexity index is 1340. The van der Waals surface area contributed by atoms with Crippen molar-refractivity contribution in [3.63, 3.8) is 0 Å². The van der Waals surface area contributed by atoms with Crippen LogP contribution in [0.2, 0.25) is 0 Å². The molecule has 0 aromatic heterocycles. The van der Waals surface area contributed by atoms with Crippen LogP contribution in [0.3, 0.4) is 0 Å². The third-order valence-electron chi connectivity index (χ3n) is 6.57. The second-order valence-electron chi connectivity index (χ2n) is 9.52. The first kappa shape index (κ1) is 35.9. The van der Waals surface area contributed by atoms with Gasteiger partial charge in [0, 0.05) is 12.1 Å². The van der Waals surface area contributed by atoms with Gasteiger partial charge in [0.05, 0.1) is 44.6 Å². The van der Waals surface area contributed by atoms with Gasteiger partial charge >= 0.3 is 15.2 Å². The summed E-state index contributed by atoms with van der Waals surface area (Å²) in [6.45, 7) is -4.91. The molecule has 2 rings (SSSR count). The number of aliphatic hydroxyl groups excluding tert-OH is 6. The van der Waals surface area contributed by atoms with Crippen molar-refractivity contribution in [3.8, 4) is 11.5 Å². The zero-order chi connectivity index (χ0) is 31.8. The maximum Gasteiger partial charge on any atom is 0.389 e. The summed E-state index contributed by atoms with van der Waals surface area (Å²) in [4.78, 5) is 40.2. The minimum Gasteiger partial charge on any atom is -0.508 e. The highest BCUT2D eigenvalue weighted by molar-refractivity contribution is 7.51. The molecule has 0 saturated carbocycles. The first-order chi connectivity index (χ1) is 19.6. The zero-order valence-electron chi connectivity index (χ0n) is 22.4. The molecule has 12 N–H and O–H groups in total. The minimum absolute atomic E-state index is 0.0254. The van der Waals surface area contributed by atoms with Crippen LogP contribution < -0.4 is 0 Å². The smallest absolute Gasteiger partial charge is 0.389 e. The van der Waals surface area contributed by atoms with E-state index in [2.05, 4.69) is 0 Å². The fourth-order valence-electron chi connectivity index (χ4n) is 4.64. The SMILES string of the molecule is O=P(O)(O)CN(Cc1c(O)ccc(CO)c1CO)C(CO)C(CO)[N+](=Cc1c(O)cc(CO)cc1CO)CP(=O)(O)O. The van der Waals surface area contributed by atoms with Crippen molar-refractivity contribution in [2.75, 3.05) is 25.8 Å². The van der Waals surface area contributed by atoms with E-state index in [4.69, 9.17) is 0 Å². The van der Waals surface area contributed by atoms with E-state index in [-0.39, 0.29) is 33.4 Å². The van der Waals surface area contributed by atoms with E-state index >= 15 is 0 Å². The zero-order valence-corrected chi connectivity index (χ0v) is 24.2. The molecular formula is C24H37N2O14P2+. The highest BCUT2D eigenvalue weighted by Crippen LogP contribution is 2.39. The summed E-state index contributed by atoms with van der Waals surface area (Å²) in [7, 11) is -9.89. The third kappa shape index (κ3) is 9.62. The molecule has 42 heavy (non-hydrogen) atoms. The summed E-state index contributed by atoms with van der Waals surface area (Å²) in [5.41, 5.74) is 0.228. The fourth-order valence-corrected chi connectivity index (χ4v) is 6.14. The van der Waals surface area contributed by atoms with Crippen molar-refractivity contribution < 1.29 is 74.1 Å². The van der Waals surface area contributed by atoms with Crippen molar-refractivity contribution in [1.82, 2.24) is 4.90 Å². The van der Waals surface area contributed by atoms with E-state index in [1.165, 1.54) is 18.2 Å². The molecule has 0 radical (unpaired) electrons. The molecule has 2 aromatic carbocycles. The van der Waals surface area contributed by atoms with Crippen molar-refractivity contribution in [3.05, 3.63) is 57.6 Å². The van der Waals surface area contributed by atoms with Gasteiger partial charge in [-0.25, -0.2) is 4.58 Å². The van der Waals surface area contributed by atoms with E-state index in [9.17, 15) is 69.6 Å². The molecule has 2 atom stereocenters. The van der Waals surface area contributed by atoms with Gasteiger partial charge in [0.25, 0.3) is 0 Å². The highest BCUT2D eigenvalue weighted by atomic mass is 31.2. The maximum atomic E-state index is 12.1. The summed E-state index contributed by atoms with van der Waals surface area (Å²) in [5, 5.41) is 80.6. The molecule has 236 valence electrons. The average molecular weight is 640 g/mol. The topological polar surface area (TPSA) is 283 Å². The molecule has 2 unspecified atom stereocenters. The van der Waals surface area contributed by atoms with E-state index in [0.717, 1.165) is 21.8 Å². The number of benzene rings is 2. The molecule has 0 aliphatic rings. The Morgan fingerprint density at radius 3 is 1.88 bits per heavy atom. The Hall–Kier alpha value is -2.27. The van der Waals surface area contributed by atoms with Crippen molar-refractivity contribution >= 4 is 21.4 Å². The molecule has 0 amide bonds. The maximum absolute atomic E-state index is 12.1. The molecule has 0 aliphatic carbocycles. The van der Waals surface area contributed by atoms with Crippen LogP contribution >= 0.6 is 15.2 Å². The Morgan fingerprint density at radius 1 is 0.762 bits per heavy atom. The minimum atomic E-state index is -4.95. The number of nitrogens with zero attached hydrogens (tertiary/aromatic N) is 2. The molecule has 0 bridgehead atoms. The average Bonchev–Trinajstić information content (AvgIpc) is 2.91. The molecule has 0 spiro atoms. The normalized spacial score (nSPS) is 14.4. The van der Waals surface area contributed by atoms with Gasteiger partial charge in [0.2, 0.25) is 6.29 Å². The van der Waals surface area contributed by atoms with Crippen LogP contribution in [0.15, 0.2) is 24.3 Å². The van der Waals surface area contributed by atoms with E-state index in [0.29, 0.717) is 0 Å². The Labute approximate surface area is 240 Å². The standard InChI is InChI=1S/C24H36N2O14P2/c27-7-15-3-17(9-29)18(24(34)4-15)5-25(13-41(35,36)37)21(11-31)22(12-32)26(14-42(38,39)40)6-19-20(10-30)16(8-28)1-2-23(19)33/h1-5,21-22,27-32H,6-14H2,(H5,33,35,36,37,38,39,40)/p+1. The molecule has 16 nitrogen and oxygen atoms in total. The lowest BCUT2D eigenvalue weighted by Crippen LogP contribution is -2.53. The number of phenols is 2. The Balaban J connectivity index is 2.78. The van der Waals surface area contributed by atoms with Crippen LogP contribution in [-0.2, 0) is 42.1 Å². The van der Waals surface area contributed by atoms with E-state index in [1.54, 1.807) is 0 Å². The van der Waals surface area contributed by atoms with Gasteiger partial charge in [0.15, 0.2) is 12.3 Å².